The van der Waals surface area contributed by atoms with Crippen LogP contribution in [0.5, 0.6) is 0 Å². The molecule has 0 spiro atoms. The number of benzene rings is 1. The SMILES string of the molecule is Cl.O=C(C1CC(=O)N(c2ccc(Cl)cc2)C1)N1CCC2CCC(C1)N2. The van der Waals surface area contributed by atoms with E-state index in [2.05, 4.69) is 5.32 Å². The Morgan fingerprint density at radius 3 is 2.56 bits per heavy atom. The molecule has 1 aromatic rings. The maximum absolute atomic E-state index is 12.9. The van der Waals surface area contributed by atoms with Crippen LogP contribution in [0.15, 0.2) is 24.3 Å². The average Bonchev–Trinajstić information content (AvgIpc) is 3.10. The second-order valence-electron chi connectivity index (χ2n) is 7.09. The van der Waals surface area contributed by atoms with Crippen LogP contribution >= 0.6 is 24.0 Å². The number of anilines is 1. The Kier molecular flexibility index (Phi) is 5.56. The van der Waals surface area contributed by atoms with Crippen LogP contribution < -0.4 is 10.2 Å². The van der Waals surface area contributed by atoms with Crippen molar-refractivity contribution in [2.24, 2.45) is 5.92 Å². The quantitative estimate of drug-likeness (QED) is 0.853. The minimum atomic E-state index is -0.232. The summed E-state index contributed by atoms with van der Waals surface area (Å²) in [6.07, 6.45) is 3.69. The zero-order chi connectivity index (χ0) is 16.7. The fraction of sp³-hybridized carbons (Fsp3) is 0.556. The van der Waals surface area contributed by atoms with Crippen LogP contribution in [0.25, 0.3) is 0 Å². The molecule has 3 heterocycles. The Balaban J connectivity index is 0.00000182. The van der Waals surface area contributed by atoms with Crippen molar-refractivity contribution in [1.82, 2.24) is 10.2 Å². The van der Waals surface area contributed by atoms with Gasteiger partial charge in [0.15, 0.2) is 0 Å². The summed E-state index contributed by atoms with van der Waals surface area (Å²) < 4.78 is 0. The van der Waals surface area contributed by atoms with Gasteiger partial charge in [0, 0.05) is 48.8 Å². The monoisotopic (exact) mass is 383 g/mol. The summed E-state index contributed by atoms with van der Waals surface area (Å²) in [5, 5.41) is 4.24. The lowest BCUT2D eigenvalue weighted by molar-refractivity contribution is -0.136. The van der Waals surface area contributed by atoms with Gasteiger partial charge in [-0.3, -0.25) is 9.59 Å². The molecular weight excluding hydrogens is 361 g/mol. The van der Waals surface area contributed by atoms with Crippen LogP contribution in [-0.2, 0) is 9.59 Å². The predicted octanol–water partition coefficient (Wildman–Crippen LogP) is 2.47. The number of amides is 2. The van der Waals surface area contributed by atoms with Crippen molar-refractivity contribution < 1.29 is 9.59 Å². The molecule has 4 rings (SSSR count). The van der Waals surface area contributed by atoms with Gasteiger partial charge in [-0.1, -0.05) is 11.6 Å². The molecule has 0 saturated carbocycles. The second kappa shape index (κ2) is 7.52. The molecule has 7 heteroatoms. The summed E-state index contributed by atoms with van der Waals surface area (Å²) in [6.45, 7) is 2.05. The molecular formula is C18H23Cl2N3O2. The van der Waals surface area contributed by atoms with E-state index in [9.17, 15) is 9.59 Å². The molecule has 25 heavy (non-hydrogen) atoms. The number of hydrogen-bond acceptors (Lipinski definition) is 3. The van der Waals surface area contributed by atoms with Crippen LogP contribution in [-0.4, -0.2) is 48.4 Å². The van der Waals surface area contributed by atoms with Crippen LogP contribution in [0.4, 0.5) is 5.69 Å². The number of carbonyl (C=O) groups excluding carboxylic acids is 2. The number of nitrogens with zero attached hydrogens (tertiary/aromatic N) is 2. The number of nitrogens with one attached hydrogen (secondary N) is 1. The van der Waals surface area contributed by atoms with Crippen LogP contribution in [0.2, 0.25) is 5.02 Å². The smallest absolute Gasteiger partial charge is 0.228 e. The molecule has 3 aliphatic heterocycles. The molecule has 1 aromatic carbocycles. The predicted molar refractivity (Wildman–Crippen MR) is 100 cm³/mol. The van der Waals surface area contributed by atoms with Crippen molar-refractivity contribution in [3.63, 3.8) is 0 Å². The third-order valence-electron chi connectivity index (χ3n) is 5.45. The van der Waals surface area contributed by atoms with E-state index >= 15 is 0 Å². The van der Waals surface area contributed by atoms with E-state index in [1.807, 2.05) is 17.0 Å². The van der Waals surface area contributed by atoms with E-state index in [-0.39, 0.29) is 30.1 Å². The first-order valence-corrected chi connectivity index (χ1v) is 9.09. The van der Waals surface area contributed by atoms with E-state index < -0.39 is 0 Å². The molecule has 2 amide bonds. The molecule has 2 bridgehead atoms. The van der Waals surface area contributed by atoms with Crippen molar-refractivity contribution >= 4 is 41.5 Å². The van der Waals surface area contributed by atoms with Gasteiger partial charge in [0.05, 0.1) is 5.92 Å². The third-order valence-corrected chi connectivity index (χ3v) is 5.70. The normalized spacial score (nSPS) is 28.7. The van der Waals surface area contributed by atoms with Crippen LogP contribution in [0, 0.1) is 5.92 Å². The Morgan fingerprint density at radius 2 is 1.80 bits per heavy atom. The minimum absolute atomic E-state index is 0. The molecule has 0 radical (unpaired) electrons. The summed E-state index contributed by atoms with van der Waals surface area (Å²) in [7, 11) is 0. The van der Waals surface area contributed by atoms with Crippen LogP contribution in [0.3, 0.4) is 0 Å². The van der Waals surface area contributed by atoms with Gasteiger partial charge in [0.1, 0.15) is 0 Å². The van der Waals surface area contributed by atoms with E-state index in [1.54, 1.807) is 17.0 Å². The van der Waals surface area contributed by atoms with Crippen molar-refractivity contribution in [2.45, 2.75) is 37.8 Å². The fourth-order valence-corrected chi connectivity index (χ4v) is 4.27. The maximum Gasteiger partial charge on any atom is 0.228 e. The summed E-state index contributed by atoms with van der Waals surface area (Å²) in [5.74, 6) is -0.0795. The zero-order valence-corrected chi connectivity index (χ0v) is 15.6. The molecule has 3 saturated heterocycles. The van der Waals surface area contributed by atoms with E-state index in [0.29, 0.717) is 30.1 Å². The highest BCUT2D eigenvalue weighted by Gasteiger charge is 2.39. The highest BCUT2D eigenvalue weighted by Crippen LogP contribution is 2.29. The van der Waals surface area contributed by atoms with Crippen molar-refractivity contribution in [1.29, 1.82) is 0 Å². The lowest BCUT2D eigenvalue weighted by Gasteiger charge is -2.27. The highest BCUT2D eigenvalue weighted by molar-refractivity contribution is 6.30. The second-order valence-corrected chi connectivity index (χ2v) is 7.53. The van der Waals surface area contributed by atoms with Gasteiger partial charge in [0.25, 0.3) is 0 Å². The van der Waals surface area contributed by atoms with Crippen LogP contribution in [0.1, 0.15) is 25.7 Å². The Hall–Kier alpha value is -1.30. The molecule has 3 aliphatic rings. The zero-order valence-electron chi connectivity index (χ0n) is 14.0. The molecule has 3 atom stereocenters. The molecule has 3 fully saturated rings. The van der Waals surface area contributed by atoms with Gasteiger partial charge in [-0.15, -0.1) is 12.4 Å². The number of rotatable bonds is 2. The summed E-state index contributed by atoms with van der Waals surface area (Å²) in [6, 6.07) is 8.20. The van der Waals surface area contributed by atoms with Gasteiger partial charge in [-0.05, 0) is 43.5 Å². The number of halogens is 2. The number of likely N-dealkylation sites (tertiary alicyclic amines) is 1. The Labute approximate surface area is 159 Å². The lowest BCUT2D eigenvalue weighted by atomic mass is 10.0. The van der Waals surface area contributed by atoms with Crippen molar-refractivity contribution in [3.8, 4) is 0 Å². The Bertz CT molecular complexity index is 652. The summed E-state index contributed by atoms with van der Waals surface area (Å²) >= 11 is 5.91. The number of hydrogen-bond donors (Lipinski definition) is 1. The van der Waals surface area contributed by atoms with Gasteiger partial charge in [0.2, 0.25) is 11.8 Å². The first-order chi connectivity index (χ1) is 11.6. The molecule has 5 nitrogen and oxygen atoms in total. The molecule has 136 valence electrons. The molecule has 0 aliphatic carbocycles. The maximum atomic E-state index is 12.9. The summed E-state index contributed by atoms with van der Waals surface area (Å²) in [5.41, 5.74) is 0.816. The highest BCUT2D eigenvalue weighted by atomic mass is 35.5. The number of carbonyl (C=O) groups is 2. The fourth-order valence-electron chi connectivity index (χ4n) is 4.14. The summed E-state index contributed by atoms with van der Waals surface area (Å²) in [4.78, 5) is 28.9. The molecule has 0 aromatic heterocycles. The molecule has 3 unspecified atom stereocenters. The topological polar surface area (TPSA) is 52.7 Å². The van der Waals surface area contributed by atoms with E-state index in [4.69, 9.17) is 11.6 Å². The van der Waals surface area contributed by atoms with E-state index in [1.165, 1.54) is 6.42 Å². The Morgan fingerprint density at radius 1 is 1.08 bits per heavy atom. The third kappa shape index (κ3) is 3.78. The van der Waals surface area contributed by atoms with E-state index in [0.717, 1.165) is 31.6 Å². The van der Waals surface area contributed by atoms with Gasteiger partial charge >= 0.3 is 0 Å². The average molecular weight is 384 g/mol. The van der Waals surface area contributed by atoms with Crippen molar-refractivity contribution in [2.75, 3.05) is 24.5 Å². The lowest BCUT2D eigenvalue weighted by Crippen LogP contribution is -2.42. The van der Waals surface area contributed by atoms with Crippen molar-refractivity contribution in [3.05, 3.63) is 29.3 Å². The number of fused-ring (bicyclic) bond motifs is 2. The van der Waals surface area contributed by atoms with Gasteiger partial charge < -0.3 is 15.1 Å². The van der Waals surface area contributed by atoms with Gasteiger partial charge in [-0.2, -0.15) is 0 Å². The molecule has 1 N–H and O–H groups in total. The first kappa shape index (κ1) is 18.5. The standard InChI is InChI=1S/C18H22ClN3O2.ClH/c19-13-1-5-16(6-2-13)22-10-12(9-17(22)23)18(24)21-8-7-14-3-4-15(11-21)20-14;/h1-2,5-6,12,14-15,20H,3-4,7-11H2;1H. The van der Waals surface area contributed by atoms with Gasteiger partial charge in [-0.25, -0.2) is 0 Å². The largest absolute Gasteiger partial charge is 0.341 e. The first-order valence-electron chi connectivity index (χ1n) is 8.71. The minimum Gasteiger partial charge on any atom is -0.341 e.